The lowest BCUT2D eigenvalue weighted by molar-refractivity contribution is -0.148. The van der Waals surface area contributed by atoms with Crippen LogP contribution in [-0.2, 0) is 4.74 Å². The fourth-order valence-corrected chi connectivity index (χ4v) is 1.81. The first kappa shape index (κ1) is 14.4. The Morgan fingerprint density at radius 3 is 2.53 bits per heavy atom. The standard InChI is InChI=1S/C11H11BrF4O/c12-7-10(17-5-4-11(14,15)16)8-2-1-3-9(13)6-8/h1-3,6,10H,4-5,7H2. The van der Waals surface area contributed by atoms with Gasteiger partial charge in [-0.2, -0.15) is 13.2 Å². The molecule has 0 fully saturated rings. The summed E-state index contributed by atoms with van der Waals surface area (Å²) < 4.78 is 53.8. The molecule has 0 aliphatic rings. The van der Waals surface area contributed by atoms with Gasteiger partial charge in [0.2, 0.25) is 0 Å². The molecule has 0 saturated heterocycles. The Morgan fingerprint density at radius 1 is 1.29 bits per heavy atom. The summed E-state index contributed by atoms with van der Waals surface area (Å²) in [7, 11) is 0. The summed E-state index contributed by atoms with van der Waals surface area (Å²) in [6, 6.07) is 5.63. The molecule has 0 aliphatic carbocycles. The van der Waals surface area contributed by atoms with Gasteiger partial charge in [0.15, 0.2) is 0 Å². The van der Waals surface area contributed by atoms with Crippen molar-refractivity contribution in [3.05, 3.63) is 35.6 Å². The van der Waals surface area contributed by atoms with E-state index >= 15 is 0 Å². The Labute approximate surface area is 105 Å². The molecule has 0 aromatic heterocycles. The molecule has 0 heterocycles. The summed E-state index contributed by atoms with van der Waals surface area (Å²) in [5.74, 6) is -0.437. The van der Waals surface area contributed by atoms with E-state index in [2.05, 4.69) is 15.9 Å². The highest BCUT2D eigenvalue weighted by molar-refractivity contribution is 9.09. The van der Waals surface area contributed by atoms with Crippen LogP contribution in [0.25, 0.3) is 0 Å². The maximum absolute atomic E-state index is 12.9. The summed E-state index contributed by atoms with van der Waals surface area (Å²) in [6.07, 6.45) is -5.82. The lowest BCUT2D eigenvalue weighted by atomic mass is 10.1. The minimum atomic E-state index is -4.24. The lowest BCUT2D eigenvalue weighted by Crippen LogP contribution is -2.14. The van der Waals surface area contributed by atoms with Crippen LogP contribution in [0.5, 0.6) is 0 Å². The number of rotatable bonds is 5. The summed E-state index contributed by atoms with van der Waals surface area (Å²) in [5.41, 5.74) is 0.518. The van der Waals surface area contributed by atoms with E-state index in [1.54, 1.807) is 6.07 Å². The monoisotopic (exact) mass is 314 g/mol. The van der Waals surface area contributed by atoms with Gasteiger partial charge in [0, 0.05) is 5.33 Å². The molecule has 0 bridgehead atoms. The van der Waals surface area contributed by atoms with E-state index in [4.69, 9.17) is 4.74 Å². The zero-order valence-corrected chi connectivity index (χ0v) is 10.4. The smallest absolute Gasteiger partial charge is 0.372 e. The molecular formula is C11H11BrF4O. The fourth-order valence-electron chi connectivity index (χ4n) is 1.25. The van der Waals surface area contributed by atoms with Gasteiger partial charge in [-0.05, 0) is 17.7 Å². The minimum Gasteiger partial charge on any atom is -0.372 e. The number of ether oxygens (including phenoxy) is 1. The maximum Gasteiger partial charge on any atom is 0.391 e. The average molecular weight is 315 g/mol. The van der Waals surface area contributed by atoms with Crippen LogP contribution in [0.2, 0.25) is 0 Å². The van der Waals surface area contributed by atoms with Crippen molar-refractivity contribution in [3.63, 3.8) is 0 Å². The van der Waals surface area contributed by atoms with E-state index in [9.17, 15) is 17.6 Å². The van der Waals surface area contributed by atoms with Gasteiger partial charge < -0.3 is 4.74 Å². The topological polar surface area (TPSA) is 9.23 Å². The van der Waals surface area contributed by atoms with Crippen LogP contribution in [0.3, 0.4) is 0 Å². The van der Waals surface area contributed by atoms with Crippen molar-refractivity contribution in [1.82, 2.24) is 0 Å². The molecule has 1 aromatic carbocycles. The van der Waals surface area contributed by atoms with Crippen LogP contribution in [-0.4, -0.2) is 18.1 Å². The number of halogens is 5. The van der Waals surface area contributed by atoms with E-state index in [-0.39, 0.29) is 0 Å². The second-order valence-corrected chi connectivity index (χ2v) is 4.08. The summed E-state index contributed by atoms with van der Waals surface area (Å²) in [4.78, 5) is 0. The SMILES string of the molecule is Fc1cccc(C(CBr)OCCC(F)(F)F)c1. The Hall–Kier alpha value is -0.620. The Kier molecular flexibility index (Phi) is 5.39. The Balaban J connectivity index is 2.54. The van der Waals surface area contributed by atoms with E-state index < -0.39 is 31.1 Å². The van der Waals surface area contributed by atoms with Crippen molar-refractivity contribution in [3.8, 4) is 0 Å². The number of hydrogen-bond donors (Lipinski definition) is 0. The van der Waals surface area contributed by atoms with Crippen LogP contribution in [0.1, 0.15) is 18.1 Å². The molecule has 1 rings (SSSR count). The molecule has 17 heavy (non-hydrogen) atoms. The molecule has 1 aromatic rings. The molecule has 0 N–H and O–H groups in total. The molecule has 1 nitrogen and oxygen atoms in total. The third-order valence-corrected chi connectivity index (χ3v) is 2.65. The van der Waals surface area contributed by atoms with E-state index in [1.807, 2.05) is 0 Å². The first-order valence-corrected chi connectivity index (χ1v) is 6.04. The summed E-state index contributed by atoms with van der Waals surface area (Å²) in [5, 5.41) is 0.314. The van der Waals surface area contributed by atoms with Crippen LogP contribution in [0.15, 0.2) is 24.3 Å². The molecular weight excluding hydrogens is 304 g/mol. The highest BCUT2D eigenvalue weighted by atomic mass is 79.9. The maximum atomic E-state index is 12.9. The lowest BCUT2D eigenvalue weighted by Gasteiger charge is -2.16. The van der Waals surface area contributed by atoms with Crippen LogP contribution in [0.4, 0.5) is 17.6 Å². The predicted molar refractivity (Wildman–Crippen MR) is 59.6 cm³/mol. The zero-order chi connectivity index (χ0) is 12.9. The predicted octanol–water partition coefficient (Wildman–Crippen LogP) is 4.23. The van der Waals surface area contributed by atoms with Gasteiger partial charge in [0.05, 0.1) is 19.1 Å². The first-order chi connectivity index (χ1) is 7.92. The Bertz CT molecular complexity index is 354. The van der Waals surface area contributed by atoms with Crippen LogP contribution < -0.4 is 0 Å². The normalized spacial score (nSPS) is 13.7. The molecule has 0 aliphatic heterocycles. The molecule has 0 amide bonds. The van der Waals surface area contributed by atoms with Gasteiger partial charge in [-0.1, -0.05) is 28.1 Å². The van der Waals surface area contributed by atoms with Crippen molar-refractivity contribution in [2.24, 2.45) is 0 Å². The molecule has 0 saturated carbocycles. The van der Waals surface area contributed by atoms with Crippen molar-refractivity contribution < 1.29 is 22.3 Å². The fraction of sp³-hybridized carbons (Fsp3) is 0.455. The van der Waals surface area contributed by atoms with E-state index in [1.165, 1.54) is 18.2 Å². The molecule has 1 atom stereocenters. The number of hydrogen-bond acceptors (Lipinski definition) is 1. The quantitative estimate of drug-likeness (QED) is 0.584. The number of alkyl halides is 4. The van der Waals surface area contributed by atoms with Gasteiger partial charge in [-0.3, -0.25) is 0 Å². The molecule has 6 heteroatoms. The molecule has 96 valence electrons. The molecule has 0 spiro atoms. The van der Waals surface area contributed by atoms with E-state index in [0.717, 1.165) is 0 Å². The van der Waals surface area contributed by atoms with Crippen LogP contribution >= 0.6 is 15.9 Å². The van der Waals surface area contributed by atoms with Crippen molar-refractivity contribution in [1.29, 1.82) is 0 Å². The van der Waals surface area contributed by atoms with Crippen molar-refractivity contribution in [2.45, 2.75) is 18.7 Å². The van der Waals surface area contributed by atoms with Gasteiger partial charge in [-0.15, -0.1) is 0 Å². The van der Waals surface area contributed by atoms with Gasteiger partial charge in [0.1, 0.15) is 5.82 Å². The van der Waals surface area contributed by atoms with Crippen molar-refractivity contribution >= 4 is 15.9 Å². The van der Waals surface area contributed by atoms with Gasteiger partial charge >= 0.3 is 6.18 Å². The minimum absolute atomic E-state index is 0.314. The number of benzene rings is 1. The zero-order valence-electron chi connectivity index (χ0n) is 8.81. The second kappa shape index (κ2) is 6.35. The Morgan fingerprint density at radius 2 is 2.00 bits per heavy atom. The van der Waals surface area contributed by atoms with E-state index in [0.29, 0.717) is 10.9 Å². The van der Waals surface area contributed by atoms with Crippen LogP contribution in [0, 0.1) is 5.82 Å². The summed E-state index contributed by atoms with van der Waals surface area (Å²) in [6.45, 7) is -0.434. The first-order valence-electron chi connectivity index (χ1n) is 4.92. The average Bonchev–Trinajstić information content (AvgIpc) is 2.23. The molecule has 1 unspecified atom stereocenters. The largest absolute Gasteiger partial charge is 0.391 e. The highest BCUT2D eigenvalue weighted by Crippen LogP contribution is 2.24. The summed E-state index contributed by atoms with van der Waals surface area (Å²) >= 11 is 3.13. The second-order valence-electron chi connectivity index (χ2n) is 3.43. The third kappa shape index (κ3) is 5.50. The van der Waals surface area contributed by atoms with Gasteiger partial charge in [0.25, 0.3) is 0 Å². The van der Waals surface area contributed by atoms with Crippen molar-refractivity contribution in [2.75, 3.05) is 11.9 Å². The van der Waals surface area contributed by atoms with Gasteiger partial charge in [-0.25, -0.2) is 4.39 Å². The highest BCUT2D eigenvalue weighted by Gasteiger charge is 2.27. The third-order valence-electron chi connectivity index (χ3n) is 2.07. The molecule has 0 radical (unpaired) electrons.